The largest absolute Gasteiger partial charge is 0.492 e. The molecule has 2 aromatic carbocycles. The lowest BCUT2D eigenvalue weighted by atomic mass is 9.81. The molecule has 2 saturated heterocycles. The van der Waals surface area contributed by atoms with Crippen LogP contribution in [0.4, 0.5) is 10.1 Å². The Kier molecular flexibility index (Phi) is 6.13. The summed E-state index contributed by atoms with van der Waals surface area (Å²) in [6, 6.07) is 17.2. The highest BCUT2D eigenvalue weighted by Crippen LogP contribution is 2.43. The van der Waals surface area contributed by atoms with Crippen LogP contribution >= 0.6 is 0 Å². The van der Waals surface area contributed by atoms with Gasteiger partial charge in [0, 0.05) is 42.8 Å². The van der Waals surface area contributed by atoms with Gasteiger partial charge in [-0.05, 0) is 49.7 Å². The van der Waals surface area contributed by atoms with Gasteiger partial charge in [-0.2, -0.15) is 5.10 Å². The number of likely N-dealkylation sites (tertiary alicyclic amines) is 1. The molecule has 6 rings (SSSR count). The molecule has 2 fully saturated rings. The van der Waals surface area contributed by atoms with Crippen molar-refractivity contribution >= 4 is 15.5 Å². The Bertz CT molecular complexity index is 1330. The van der Waals surface area contributed by atoms with Crippen molar-refractivity contribution in [3.8, 4) is 5.75 Å². The zero-order valence-corrected chi connectivity index (χ0v) is 20.8. The summed E-state index contributed by atoms with van der Waals surface area (Å²) in [6.45, 7) is 3.66. The molecule has 0 bridgehead atoms. The van der Waals surface area contributed by atoms with Gasteiger partial charge in [0.15, 0.2) is 14.9 Å². The van der Waals surface area contributed by atoms with Gasteiger partial charge in [-0.25, -0.2) is 12.8 Å². The Labute approximate surface area is 210 Å². The van der Waals surface area contributed by atoms with E-state index < -0.39 is 9.84 Å². The number of rotatable bonds is 7. The first-order valence-electron chi connectivity index (χ1n) is 12.5. The summed E-state index contributed by atoms with van der Waals surface area (Å²) in [7, 11) is -3.53. The number of hydrogen-bond acceptors (Lipinski definition) is 7. The molecule has 36 heavy (non-hydrogen) atoms. The molecule has 2 atom stereocenters. The van der Waals surface area contributed by atoms with Crippen LogP contribution in [0.3, 0.4) is 0 Å². The van der Waals surface area contributed by atoms with Crippen molar-refractivity contribution in [3.63, 3.8) is 0 Å². The van der Waals surface area contributed by atoms with Crippen molar-refractivity contribution in [1.82, 2.24) is 15.1 Å². The molecule has 4 heterocycles. The maximum Gasteiger partial charge on any atom is 0.197 e. The molecule has 2 unspecified atom stereocenters. The number of halogens is 1. The highest BCUT2D eigenvalue weighted by atomic mass is 32.2. The minimum absolute atomic E-state index is 0.0126. The van der Waals surface area contributed by atoms with E-state index in [1.165, 1.54) is 30.3 Å². The molecule has 0 saturated carbocycles. The van der Waals surface area contributed by atoms with E-state index in [-0.39, 0.29) is 34.5 Å². The SMILES string of the molecule is O=S(=O)(CC1CN(c2cc3c(cc2F)OCC(N2CCC2)C3Cc2ccccc2)C1)c1cccnn1. The average molecular weight is 509 g/mol. The van der Waals surface area contributed by atoms with Gasteiger partial charge in [0.25, 0.3) is 0 Å². The molecule has 9 heteroatoms. The van der Waals surface area contributed by atoms with Gasteiger partial charge < -0.3 is 9.64 Å². The summed E-state index contributed by atoms with van der Waals surface area (Å²) in [5.41, 5.74) is 2.81. The van der Waals surface area contributed by atoms with Crippen LogP contribution in [0.15, 0.2) is 65.8 Å². The second kappa shape index (κ2) is 9.44. The summed E-state index contributed by atoms with van der Waals surface area (Å²) in [6.07, 6.45) is 3.51. The number of nitrogens with zero attached hydrogens (tertiary/aromatic N) is 4. The van der Waals surface area contributed by atoms with Gasteiger partial charge in [0.2, 0.25) is 0 Å². The highest BCUT2D eigenvalue weighted by molar-refractivity contribution is 7.91. The van der Waals surface area contributed by atoms with E-state index in [0.29, 0.717) is 31.1 Å². The molecular formula is C27H29FN4O3S. The molecule has 188 valence electrons. The molecule has 7 nitrogen and oxygen atoms in total. The maximum atomic E-state index is 15.2. The zero-order valence-electron chi connectivity index (χ0n) is 20.0. The summed E-state index contributed by atoms with van der Waals surface area (Å²) < 4.78 is 46.6. The predicted octanol–water partition coefficient (Wildman–Crippen LogP) is 3.32. The lowest BCUT2D eigenvalue weighted by Crippen LogP contribution is -2.53. The maximum absolute atomic E-state index is 15.2. The lowest BCUT2D eigenvalue weighted by Gasteiger charge is -2.46. The van der Waals surface area contributed by atoms with Crippen LogP contribution in [0.5, 0.6) is 5.75 Å². The molecule has 0 spiro atoms. The van der Waals surface area contributed by atoms with Crippen LogP contribution in [0.25, 0.3) is 0 Å². The van der Waals surface area contributed by atoms with Crippen molar-refractivity contribution in [2.75, 3.05) is 43.4 Å². The fourth-order valence-corrected chi connectivity index (χ4v) is 7.04. The lowest BCUT2D eigenvalue weighted by molar-refractivity contribution is 0.0500. The van der Waals surface area contributed by atoms with E-state index in [4.69, 9.17) is 4.74 Å². The molecule has 3 aliphatic rings. The van der Waals surface area contributed by atoms with Crippen LogP contribution in [0.2, 0.25) is 0 Å². The minimum Gasteiger partial charge on any atom is -0.492 e. The highest BCUT2D eigenvalue weighted by Gasteiger charge is 2.39. The Morgan fingerprint density at radius 2 is 1.86 bits per heavy atom. The molecule has 0 N–H and O–H groups in total. The first kappa shape index (κ1) is 23.4. The van der Waals surface area contributed by atoms with Crippen molar-refractivity contribution in [1.29, 1.82) is 0 Å². The normalized spacial score (nSPS) is 22.3. The molecule has 0 radical (unpaired) electrons. The monoisotopic (exact) mass is 508 g/mol. The van der Waals surface area contributed by atoms with Crippen molar-refractivity contribution in [3.05, 3.63) is 77.7 Å². The zero-order chi connectivity index (χ0) is 24.7. The molecule has 3 aromatic rings. The standard InChI is InChI=1S/C27H29FN4O3S/c28-23-14-26-22(21(12-19-6-2-1-3-7-19)25(17-35-26)31-10-5-11-31)13-24(23)32-15-20(16-32)18-36(33,34)27-8-4-9-29-30-27/h1-4,6-9,13-14,20-21,25H,5,10-12,15-18H2. The van der Waals surface area contributed by atoms with Crippen molar-refractivity contribution in [2.45, 2.75) is 29.8 Å². The van der Waals surface area contributed by atoms with E-state index >= 15 is 4.39 Å². The quantitative estimate of drug-likeness (QED) is 0.485. The number of fused-ring (bicyclic) bond motifs is 1. The third-order valence-electron chi connectivity index (χ3n) is 7.63. The minimum atomic E-state index is -3.53. The van der Waals surface area contributed by atoms with Crippen LogP contribution in [-0.4, -0.2) is 68.1 Å². The Morgan fingerprint density at radius 1 is 1.06 bits per heavy atom. The van der Waals surface area contributed by atoms with Gasteiger partial charge in [0.05, 0.1) is 17.5 Å². The summed E-state index contributed by atoms with van der Waals surface area (Å²) in [5.74, 6) is 0.384. The van der Waals surface area contributed by atoms with E-state index in [2.05, 4.69) is 39.4 Å². The average Bonchev–Trinajstić information content (AvgIpc) is 2.83. The summed E-state index contributed by atoms with van der Waals surface area (Å²) in [5, 5.41) is 7.41. The Morgan fingerprint density at radius 3 is 2.56 bits per heavy atom. The van der Waals surface area contributed by atoms with Crippen LogP contribution in [0, 0.1) is 11.7 Å². The third-order valence-corrected chi connectivity index (χ3v) is 9.40. The van der Waals surface area contributed by atoms with Gasteiger partial charge >= 0.3 is 0 Å². The van der Waals surface area contributed by atoms with E-state index in [1.807, 2.05) is 17.0 Å². The smallest absolute Gasteiger partial charge is 0.197 e. The number of ether oxygens (including phenoxy) is 1. The molecular weight excluding hydrogens is 479 g/mol. The van der Waals surface area contributed by atoms with Crippen LogP contribution in [-0.2, 0) is 16.3 Å². The fraction of sp³-hybridized carbons (Fsp3) is 0.407. The molecule has 3 aliphatic heterocycles. The summed E-state index contributed by atoms with van der Waals surface area (Å²) in [4.78, 5) is 4.40. The van der Waals surface area contributed by atoms with E-state index in [0.717, 1.165) is 25.1 Å². The first-order chi connectivity index (χ1) is 17.5. The molecule has 1 aromatic heterocycles. The number of hydrogen-bond donors (Lipinski definition) is 0. The van der Waals surface area contributed by atoms with Gasteiger partial charge in [-0.3, -0.25) is 4.90 Å². The van der Waals surface area contributed by atoms with Crippen molar-refractivity contribution in [2.24, 2.45) is 5.92 Å². The summed E-state index contributed by atoms with van der Waals surface area (Å²) >= 11 is 0. The Hall–Kier alpha value is -3.04. The fourth-order valence-electron chi connectivity index (χ4n) is 5.58. The second-order valence-electron chi connectivity index (χ2n) is 10.0. The first-order valence-corrected chi connectivity index (χ1v) is 14.1. The number of benzene rings is 2. The number of aromatic nitrogens is 2. The van der Waals surface area contributed by atoms with Gasteiger partial charge in [-0.15, -0.1) is 5.10 Å². The second-order valence-corrected chi connectivity index (χ2v) is 12.0. The van der Waals surface area contributed by atoms with Crippen molar-refractivity contribution < 1.29 is 17.5 Å². The number of sulfone groups is 1. The van der Waals surface area contributed by atoms with E-state index in [9.17, 15) is 8.42 Å². The molecule has 0 aliphatic carbocycles. The van der Waals surface area contributed by atoms with Gasteiger partial charge in [0.1, 0.15) is 18.2 Å². The topological polar surface area (TPSA) is 75.6 Å². The predicted molar refractivity (Wildman–Crippen MR) is 135 cm³/mol. The number of anilines is 1. The van der Waals surface area contributed by atoms with Gasteiger partial charge in [-0.1, -0.05) is 30.3 Å². The van der Waals surface area contributed by atoms with Crippen LogP contribution < -0.4 is 9.64 Å². The van der Waals surface area contributed by atoms with Crippen LogP contribution in [0.1, 0.15) is 23.5 Å². The third kappa shape index (κ3) is 4.46. The Balaban J connectivity index is 1.23. The molecule has 0 amide bonds. The van der Waals surface area contributed by atoms with E-state index in [1.54, 1.807) is 6.07 Å².